The van der Waals surface area contributed by atoms with Gasteiger partial charge in [-0.05, 0) is 6.07 Å². The van der Waals surface area contributed by atoms with Crippen LogP contribution in [0.15, 0.2) is 23.5 Å². The Balaban J connectivity index is 3.02. The maximum atomic E-state index is 12.6. The highest BCUT2D eigenvalue weighted by molar-refractivity contribution is 7.96. The van der Waals surface area contributed by atoms with E-state index in [0.29, 0.717) is 0 Å². The molecule has 4 nitrogen and oxygen atoms in total. The number of pyridine rings is 1. The molecule has 1 heterocycles. The molecule has 0 fully saturated rings. The topological polar surface area (TPSA) is 68.3 Å². The van der Waals surface area contributed by atoms with Gasteiger partial charge in [-0.2, -0.15) is 4.99 Å². The van der Waals surface area contributed by atoms with Crippen LogP contribution < -0.4 is 5.73 Å². The van der Waals surface area contributed by atoms with E-state index < -0.39 is 11.1 Å². The normalized spacial score (nSPS) is 11.4. The quantitative estimate of drug-likeness (QED) is 0.402. The van der Waals surface area contributed by atoms with Gasteiger partial charge in [0.1, 0.15) is 11.7 Å². The lowest BCUT2D eigenvalue weighted by atomic mass is 10.2. The van der Waals surface area contributed by atoms with Gasteiger partial charge in [-0.25, -0.2) is 4.39 Å². The molecule has 0 bridgehead atoms. The van der Waals surface area contributed by atoms with Gasteiger partial charge < -0.3 is 5.73 Å². The lowest BCUT2D eigenvalue weighted by Crippen LogP contribution is -2.14. The summed E-state index contributed by atoms with van der Waals surface area (Å²) in [6, 6.07) is 1.13. The molecule has 1 amide bonds. The van der Waals surface area contributed by atoms with Crippen molar-refractivity contribution in [2.45, 2.75) is 0 Å². The summed E-state index contributed by atoms with van der Waals surface area (Å²) in [6.45, 7) is 0. The van der Waals surface area contributed by atoms with Crippen LogP contribution >= 0.6 is 12.6 Å². The highest BCUT2D eigenvalue weighted by Gasteiger charge is 2.01. The highest BCUT2D eigenvalue weighted by Crippen LogP contribution is 2.00. The zero-order valence-corrected chi connectivity index (χ0v) is 7.33. The Kier molecular flexibility index (Phi) is 2.97. The van der Waals surface area contributed by atoms with Crippen molar-refractivity contribution in [3.05, 3.63) is 29.8 Å². The predicted octanol–water partition coefficient (Wildman–Crippen LogP) is 0.976. The first-order valence-electron chi connectivity index (χ1n) is 3.27. The van der Waals surface area contributed by atoms with Crippen molar-refractivity contribution in [2.75, 3.05) is 0 Å². The molecule has 0 spiro atoms. The molecule has 1 aromatic rings. The first-order valence-corrected chi connectivity index (χ1v) is 3.72. The molecule has 1 rings (SSSR count). The molecular weight excluding hydrogens is 193 g/mol. The third kappa shape index (κ3) is 2.83. The second-order valence-corrected chi connectivity index (χ2v) is 2.55. The van der Waals surface area contributed by atoms with Crippen LogP contribution in [0.2, 0.25) is 0 Å². The fourth-order valence-corrected chi connectivity index (χ4v) is 0.827. The minimum absolute atomic E-state index is 0.105. The molecular formula is C7H6FN3OS. The van der Waals surface area contributed by atoms with Gasteiger partial charge in [0.25, 0.3) is 0 Å². The van der Waals surface area contributed by atoms with E-state index in [1.807, 2.05) is 0 Å². The van der Waals surface area contributed by atoms with Gasteiger partial charge in [0, 0.05) is 11.8 Å². The molecule has 0 aliphatic rings. The molecule has 6 heteroatoms. The van der Waals surface area contributed by atoms with E-state index in [0.717, 1.165) is 12.3 Å². The Hall–Kier alpha value is -1.43. The lowest BCUT2D eigenvalue weighted by Gasteiger charge is -1.97. The third-order valence-corrected chi connectivity index (χ3v) is 1.32. The van der Waals surface area contributed by atoms with Crippen LogP contribution in [0.25, 0.3) is 0 Å². The van der Waals surface area contributed by atoms with Gasteiger partial charge in [-0.1, -0.05) is 12.6 Å². The summed E-state index contributed by atoms with van der Waals surface area (Å²) in [5.41, 5.74) is 5.59. The van der Waals surface area contributed by atoms with E-state index in [-0.39, 0.29) is 11.4 Å². The van der Waals surface area contributed by atoms with E-state index in [1.54, 1.807) is 0 Å². The Bertz CT molecular complexity index is 367. The van der Waals surface area contributed by atoms with Crippen molar-refractivity contribution in [2.24, 2.45) is 10.7 Å². The summed E-state index contributed by atoms with van der Waals surface area (Å²) in [5.74, 6) is -0.644. The molecule has 0 unspecified atom stereocenters. The molecule has 68 valence electrons. The highest BCUT2D eigenvalue weighted by atomic mass is 32.1. The van der Waals surface area contributed by atoms with Gasteiger partial charge in [-0.3, -0.25) is 9.78 Å². The Morgan fingerprint density at radius 2 is 2.31 bits per heavy atom. The number of nitrogens with two attached hydrogens (primary N) is 1. The van der Waals surface area contributed by atoms with E-state index in [4.69, 9.17) is 5.73 Å². The molecule has 13 heavy (non-hydrogen) atoms. The number of carbonyl (C=O) groups excluding carboxylic acids is 1. The molecule has 2 N–H and O–H groups in total. The number of aliphatic imine (C=N–C) groups is 1. The molecule has 0 aromatic carbocycles. The van der Waals surface area contributed by atoms with Crippen molar-refractivity contribution in [1.82, 2.24) is 4.98 Å². The van der Waals surface area contributed by atoms with Crippen LogP contribution in [0.3, 0.4) is 0 Å². The molecule has 0 radical (unpaired) electrons. The number of hydrogen-bond acceptors (Lipinski definition) is 2. The fourth-order valence-electron chi connectivity index (χ4n) is 0.720. The minimum Gasteiger partial charge on any atom is -0.383 e. The number of halogens is 1. The molecule has 0 aliphatic carbocycles. The number of amides is 1. The number of hydrogen-bond donors (Lipinski definition) is 2. The number of thiol groups is 1. The summed E-state index contributed by atoms with van der Waals surface area (Å²) in [7, 11) is 0. The van der Waals surface area contributed by atoms with Crippen molar-refractivity contribution >= 4 is 23.7 Å². The van der Waals surface area contributed by atoms with Crippen molar-refractivity contribution < 1.29 is 9.18 Å². The SMILES string of the molecule is NC(=NC(=O)S)c1cncc(F)c1. The van der Waals surface area contributed by atoms with Crippen LogP contribution in [0.4, 0.5) is 9.18 Å². The lowest BCUT2D eigenvalue weighted by molar-refractivity contribution is 0.268. The first-order chi connectivity index (χ1) is 6.09. The van der Waals surface area contributed by atoms with E-state index >= 15 is 0 Å². The number of amidine groups is 1. The summed E-state index contributed by atoms with van der Waals surface area (Å²) in [6.07, 6.45) is 2.33. The first kappa shape index (κ1) is 9.66. The largest absolute Gasteiger partial charge is 0.383 e. The van der Waals surface area contributed by atoms with Gasteiger partial charge >= 0.3 is 5.24 Å². The van der Waals surface area contributed by atoms with Gasteiger partial charge in [0.2, 0.25) is 0 Å². The monoisotopic (exact) mass is 199 g/mol. The Morgan fingerprint density at radius 1 is 1.62 bits per heavy atom. The molecule has 0 saturated carbocycles. The van der Waals surface area contributed by atoms with Crippen LogP contribution in [-0.2, 0) is 0 Å². The summed E-state index contributed by atoms with van der Waals surface area (Å²) in [4.78, 5) is 17.2. The maximum Gasteiger partial charge on any atom is 0.303 e. The zero-order chi connectivity index (χ0) is 9.84. The summed E-state index contributed by atoms with van der Waals surface area (Å²) in [5, 5.41) is -0.734. The summed E-state index contributed by atoms with van der Waals surface area (Å²) >= 11 is 3.39. The van der Waals surface area contributed by atoms with Crippen LogP contribution in [0, 0.1) is 5.82 Å². The third-order valence-electron chi connectivity index (χ3n) is 1.22. The molecule has 0 atom stereocenters. The van der Waals surface area contributed by atoms with Gasteiger partial charge in [0.05, 0.1) is 6.20 Å². The second-order valence-electron chi connectivity index (χ2n) is 2.17. The van der Waals surface area contributed by atoms with Crippen LogP contribution in [0.1, 0.15) is 5.56 Å². The Morgan fingerprint density at radius 3 is 2.85 bits per heavy atom. The van der Waals surface area contributed by atoms with Crippen molar-refractivity contribution in [3.8, 4) is 0 Å². The standard InChI is InChI=1S/C7H6FN3OS/c8-5-1-4(2-10-3-5)6(9)11-7(12)13/h1-3H,(H3,9,11,12,13). The van der Waals surface area contributed by atoms with Crippen molar-refractivity contribution in [1.29, 1.82) is 0 Å². The van der Waals surface area contributed by atoms with Crippen molar-refractivity contribution in [3.63, 3.8) is 0 Å². The fraction of sp³-hybridized carbons (Fsp3) is 0. The number of nitrogens with zero attached hydrogens (tertiary/aromatic N) is 2. The van der Waals surface area contributed by atoms with Gasteiger partial charge in [0.15, 0.2) is 0 Å². The van der Waals surface area contributed by atoms with Crippen LogP contribution in [-0.4, -0.2) is 16.1 Å². The smallest absolute Gasteiger partial charge is 0.303 e. The predicted molar refractivity (Wildman–Crippen MR) is 49.3 cm³/mol. The number of aromatic nitrogens is 1. The maximum absolute atomic E-state index is 12.6. The number of rotatable bonds is 1. The Labute approximate surface area is 79.1 Å². The van der Waals surface area contributed by atoms with E-state index in [1.165, 1.54) is 6.20 Å². The number of carbonyl (C=O) groups is 1. The average molecular weight is 199 g/mol. The molecule has 0 aliphatic heterocycles. The molecule has 1 aromatic heterocycles. The van der Waals surface area contributed by atoms with E-state index in [9.17, 15) is 9.18 Å². The average Bonchev–Trinajstić information content (AvgIpc) is 2.03. The second kappa shape index (κ2) is 3.99. The zero-order valence-electron chi connectivity index (χ0n) is 6.44. The molecule has 0 saturated heterocycles. The summed E-state index contributed by atoms with van der Waals surface area (Å²) < 4.78 is 12.6. The minimum atomic E-state index is -0.734. The van der Waals surface area contributed by atoms with Gasteiger partial charge in [-0.15, -0.1) is 0 Å². The van der Waals surface area contributed by atoms with Crippen LogP contribution in [0.5, 0.6) is 0 Å². The van der Waals surface area contributed by atoms with E-state index in [2.05, 4.69) is 22.6 Å².